The normalized spacial score (nSPS) is 11.8. The highest BCUT2D eigenvalue weighted by Gasteiger charge is 2.23. The number of benzene rings is 2. The average Bonchev–Trinajstić information content (AvgIpc) is 3.46. The third-order valence-corrected chi connectivity index (χ3v) is 5.27. The summed E-state index contributed by atoms with van der Waals surface area (Å²) in [6, 6.07) is 20.5. The number of carbonyl (C=O) groups excluding carboxylic acids is 1. The predicted octanol–water partition coefficient (Wildman–Crippen LogP) is 4.52. The molecule has 0 bridgehead atoms. The van der Waals surface area contributed by atoms with Gasteiger partial charge in [-0.3, -0.25) is 4.79 Å². The Hall–Kier alpha value is -3.45. The first-order valence-electron chi connectivity index (χ1n) is 9.09. The first-order chi connectivity index (χ1) is 14.2. The van der Waals surface area contributed by atoms with Gasteiger partial charge in [-0.15, -0.1) is 11.3 Å². The lowest BCUT2D eigenvalue weighted by Gasteiger charge is -2.14. The van der Waals surface area contributed by atoms with Gasteiger partial charge in [-0.1, -0.05) is 53.7 Å². The molecule has 0 fully saturated rings. The summed E-state index contributed by atoms with van der Waals surface area (Å²) in [6.07, 6.45) is 0.539. The van der Waals surface area contributed by atoms with Gasteiger partial charge in [-0.25, -0.2) is 0 Å². The highest BCUT2D eigenvalue weighted by atomic mass is 32.1. The van der Waals surface area contributed by atoms with Crippen LogP contribution in [0.15, 0.2) is 76.6 Å². The van der Waals surface area contributed by atoms with Crippen LogP contribution >= 0.6 is 11.3 Å². The molecule has 0 spiro atoms. The first-order valence-corrected chi connectivity index (χ1v) is 9.97. The summed E-state index contributed by atoms with van der Waals surface area (Å²) in [5.41, 5.74) is 1.84. The fourth-order valence-corrected chi connectivity index (χ4v) is 3.57. The quantitative estimate of drug-likeness (QED) is 0.489. The molecule has 29 heavy (non-hydrogen) atoms. The minimum Gasteiger partial charge on any atom is -0.497 e. The highest BCUT2D eigenvalue weighted by molar-refractivity contribution is 7.12. The second kappa shape index (κ2) is 8.70. The largest absolute Gasteiger partial charge is 0.497 e. The molecule has 2 aromatic carbocycles. The van der Waals surface area contributed by atoms with E-state index in [0.29, 0.717) is 28.8 Å². The van der Waals surface area contributed by atoms with Crippen molar-refractivity contribution in [1.29, 1.82) is 0 Å². The topological polar surface area (TPSA) is 77.3 Å². The average molecular weight is 405 g/mol. The molecule has 7 heteroatoms. The van der Waals surface area contributed by atoms with E-state index in [1.54, 1.807) is 13.2 Å². The number of hydrogen-bond donors (Lipinski definition) is 1. The van der Waals surface area contributed by atoms with E-state index in [1.165, 1.54) is 11.3 Å². The SMILES string of the molecule is COc1cccc(-c2noc(C(Cc3ccccc3)NC(=O)c3cccs3)n2)c1. The highest BCUT2D eigenvalue weighted by Crippen LogP contribution is 2.25. The van der Waals surface area contributed by atoms with Crippen LogP contribution < -0.4 is 10.1 Å². The van der Waals surface area contributed by atoms with Crippen molar-refractivity contribution < 1.29 is 14.1 Å². The van der Waals surface area contributed by atoms with E-state index in [2.05, 4.69) is 15.5 Å². The van der Waals surface area contributed by atoms with Crippen LogP contribution in [0.4, 0.5) is 0 Å². The van der Waals surface area contributed by atoms with Gasteiger partial charge < -0.3 is 14.6 Å². The number of nitrogens with one attached hydrogen (secondary N) is 1. The van der Waals surface area contributed by atoms with Crippen LogP contribution in [-0.4, -0.2) is 23.2 Å². The molecule has 1 amide bonds. The molecule has 0 aliphatic heterocycles. The number of ether oxygens (including phenoxy) is 1. The van der Waals surface area contributed by atoms with Crippen molar-refractivity contribution in [2.45, 2.75) is 12.5 Å². The Morgan fingerprint density at radius 1 is 1.14 bits per heavy atom. The van der Waals surface area contributed by atoms with Crippen LogP contribution in [0.3, 0.4) is 0 Å². The van der Waals surface area contributed by atoms with Crippen LogP contribution in [0.5, 0.6) is 5.75 Å². The predicted molar refractivity (Wildman–Crippen MR) is 111 cm³/mol. The minimum absolute atomic E-state index is 0.165. The summed E-state index contributed by atoms with van der Waals surface area (Å²) in [5, 5.41) is 9.00. The molecule has 146 valence electrons. The number of carbonyl (C=O) groups is 1. The third kappa shape index (κ3) is 4.52. The number of rotatable bonds is 7. The number of aromatic nitrogens is 2. The van der Waals surface area contributed by atoms with Crippen LogP contribution in [0.2, 0.25) is 0 Å². The van der Waals surface area contributed by atoms with Gasteiger partial charge >= 0.3 is 0 Å². The number of methoxy groups -OCH3 is 1. The Balaban J connectivity index is 1.61. The van der Waals surface area contributed by atoms with Crippen molar-refractivity contribution in [3.8, 4) is 17.1 Å². The molecule has 0 aliphatic carbocycles. The van der Waals surface area contributed by atoms with Crippen molar-refractivity contribution in [1.82, 2.24) is 15.5 Å². The zero-order valence-corrected chi connectivity index (χ0v) is 16.6. The van der Waals surface area contributed by atoms with Gasteiger partial charge in [0.25, 0.3) is 5.91 Å². The molecule has 2 heterocycles. The van der Waals surface area contributed by atoms with Gasteiger partial charge in [0.05, 0.1) is 12.0 Å². The smallest absolute Gasteiger partial charge is 0.262 e. The van der Waals surface area contributed by atoms with Crippen molar-refractivity contribution in [3.05, 3.63) is 88.4 Å². The summed E-state index contributed by atoms with van der Waals surface area (Å²) in [7, 11) is 1.61. The zero-order valence-electron chi connectivity index (χ0n) is 15.7. The van der Waals surface area contributed by atoms with Crippen LogP contribution in [0.25, 0.3) is 11.4 Å². The Kier molecular flexibility index (Phi) is 5.67. The van der Waals surface area contributed by atoms with E-state index < -0.39 is 6.04 Å². The number of hydrogen-bond acceptors (Lipinski definition) is 6. The van der Waals surface area contributed by atoms with E-state index in [4.69, 9.17) is 9.26 Å². The van der Waals surface area contributed by atoms with Gasteiger partial charge in [-0.2, -0.15) is 4.98 Å². The molecular weight excluding hydrogens is 386 g/mol. The molecule has 1 unspecified atom stereocenters. The lowest BCUT2D eigenvalue weighted by Crippen LogP contribution is -2.29. The molecule has 0 saturated heterocycles. The van der Waals surface area contributed by atoms with E-state index in [1.807, 2.05) is 66.0 Å². The molecule has 0 radical (unpaired) electrons. The van der Waals surface area contributed by atoms with Crippen molar-refractivity contribution in [2.24, 2.45) is 0 Å². The Labute approximate surface area is 172 Å². The minimum atomic E-state index is -0.446. The number of thiophene rings is 1. The summed E-state index contributed by atoms with van der Waals surface area (Å²) in [6.45, 7) is 0. The van der Waals surface area contributed by atoms with Gasteiger partial charge in [0.15, 0.2) is 0 Å². The Morgan fingerprint density at radius 3 is 2.76 bits per heavy atom. The lowest BCUT2D eigenvalue weighted by molar-refractivity contribution is 0.0932. The summed E-state index contributed by atoms with van der Waals surface area (Å²) in [4.78, 5) is 17.8. The maximum atomic E-state index is 12.6. The van der Waals surface area contributed by atoms with E-state index in [0.717, 1.165) is 11.1 Å². The first kappa shape index (κ1) is 18.9. The van der Waals surface area contributed by atoms with Crippen molar-refractivity contribution in [2.75, 3.05) is 7.11 Å². The van der Waals surface area contributed by atoms with Gasteiger partial charge in [0.2, 0.25) is 11.7 Å². The molecule has 0 saturated carbocycles. The zero-order chi connectivity index (χ0) is 20.1. The molecular formula is C22H19N3O3S. The molecule has 6 nitrogen and oxygen atoms in total. The molecule has 1 atom stereocenters. The monoisotopic (exact) mass is 405 g/mol. The number of nitrogens with zero attached hydrogens (tertiary/aromatic N) is 2. The maximum absolute atomic E-state index is 12.6. The van der Waals surface area contributed by atoms with Gasteiger partial charge in [0, 0.05) is 12.0 Å². The van der Waals surface area contributed by atoms with Crippen LogP contribution in [-0.2, 0) is 6.42 Å². The van der Waals surface area contributed by atoms with Crippen LogP contribution in [0, 0.1) is 0 Å². The van der Waals surface area contributed by atoms with E-state index >= 15 is 0 Å². The standard InChI is InChI=1S/C22H19N3O3S/c1-27-17-10-5-9-16(14-17)20-24-22(28-25-20)18(13-15-7-3-2-4-8-15)23-21(26)19-11-6-12-29-19/h2-12,14,18H,13H2,1H3,(H,23,26). The molecule has 4 aromatic rings. The Bertz CT molecular complexity index is 1080. The Morgan fingerprint density at radius 2 is 2.00 bits per heavy atom. The van der Waals surface area contributed by atoms with Crippen LogP contribution in [0.1, 0.15) is 27.2 Å². The van der Waals surface area contributed by atoms with Gasteiger partial charge in [-0.05, 0) is 29.1 Å². The molecule has 0 aliphatic rings. The summed E-state index contributed by atoms with van der Waals surface area (Å²) < 4.78 is 10.8. The lowest BCUT2D eigenvalue weighted by atomic mass is 10.1. The fourth-order valence-electron chi connectivity index (χ4n) is 2.94. The molecule has 4 rings (SSSR count). The number of amides is 1. The van der Waals surface area contributed by atoms with E-state index in [-0.39, 0.29) is 5.91 Å². The molecule has 2 aromatic heterocycles. The second-order valence-corrected chi connectivity index (χ2v) is 7.33. The summed E-state index contributed by atoms with van der Waals surface area (Å²) in [5.74, 6) is 1.35. The fraction of sp³-hybridized carbons (Fsp3) is 0.136. The van der Waals surface area contributed by atoms with E-state index in [9.17, 15) is 4.79 Å². The third-order valence-electron chi connectivity index (χ3n) is 4.40. The van der Waals surface area contributed by atoms with Crippen molar-refractivity contribution in [3.63, 3.8) is 0 Å². The van der Waals surface area contributed by atoms with Gasteiger partial charge in [0.1, 0.15) is 11.8 Å². The second-order valence-electron chi connectivity index (χ2n) is 6.38. The maximum Gasteiger partial charge on any atom is 0.262 e. The molecule has 1 N–H and O–H groups in total. The van der Waals surface area contributed by atoms with Crippen molar-refractivity contribution >= 4 is 17.2 Å². The summed E-state index contributed by atoms with van der Waals surface area (Å²) >= 11 is 1.39.